The number of fused-ring (bicyclic) bond motifs is 3. The van der Waals surface area contributed by atoms with E-state index in [1.807, 2.05) is 12.1 Å². The monoisotopic (exact) mass is 279 g/mol. The largest absolute Gasteiger partial charge is 0.461 e. The molecule has 0 bridgehead atoms. The van der Waals surface area contributed by atoms with Gasteiger partial charge in [0.15, 0.2) is 0 Å². The molecule has 1 aromatic heterocycles. The van der Waals surface area contributed by atoms with Crippen molar-refractivity contribution in [2.45, 2.75) is 26.2 Å². The van der Waals surface area contributed by atoms with Gasteiger partial charge in [0.2, 0.25) is 10.0 Å². The van der Waals surface area contributed by atoms with Gasteiger partial charge in [0, 0.05) is 23.1 Å². The van der Waals surface area contributed by atoms with Crippen LogP contribution in [0.25, 0.3) is 11.0 Å². The molecule has 0 fully saturated rings. The second-order valence-electron chi connectivity index (χ2n) is 5.44. The van der Waals surface area contributed by atoms with Gasteiger partial charge in [-0.1, -0.05) is 6.92 Å². The van der Waals surface area contributed by atoms with E-state index in [0.29, 0.717) is 11.6 Å². The Morgan fingerprint density at radius 2 is 2.16 bits per heavy atom. The first-order valence-corrected chi connectivity index (χ1v) is 8.33. The van der Waals surface area contributed by atoms with Crippen LogP contribution in [0.1, 0.15) is 24.7 Å². The molecule has 0 spiro atoms. The number of nitrogens with one attached hydrogen (secondary N) is 1. The number of hydrogen-bond acceptors (Lipinski definition) is 3. The number of hydrogen-bond donors (Lipinski definition) is 1. The van der Waals surface area contributed by atoms with E-state index >= 15 is 0 Å². The Morgan fingerprint density at radius 3 is 2.89 bits per heavy atom. The first-order chi connectivity index (χ1) is 8.92. The van der Waals surface area contributed by atoms with Gasteiger partial charge in [-0.15, -0.1) is 0 Å². The standard InChI is InChI=1S/C14H17NO3S/c1-9-3-5-13-11(7-9)12-8-10(15-19(2,16)17)4-6-14(12)18-13/h4,6,8-9,15H,3,5,7H2,1-2H3. The molecular formula is C14H17NO3S. The molecule has 1 unspecified atom stereocenters. The van der Waals surface area contributed by atoms with E-state index in [-0.39, 0.29) is 0 Å². The highest BCUT2D eigenvalue weighted by Gasteiger charge is 2.22. The maximum absolute atomic E-state index is 11.3. The minimum Gasteiger partial charge on any atom is -0.461 e. The lowest BCUT2D eigenvalue weighted by Crippen LogP contribution is -2.10. The average Bonchev–Trinajstić information content (AvgIpc) is 2.65. The zero-order valence-corrected chi connectivity index (χ0v) is 11.9. The molecule has 1 N–H and O–H groups in total. The van der Waals surface area contributed by atoms with E-state index in [9.17, 15) is 8.42 Å². The molecule has 102 valence electrons. The van der Waals surface area contributed by atoms with E-state index in [1.54, 1.807) is 6.07 Å². The van der Waals surface area contributed by atoms with Crippen LogP contribution in [0.4, 0.5) is 5.69 Å². The number of anilines is 1. The van der Waals surface area contributed by atoms with Crippen LogP contribution in [-0.2, 0) is 22.9 Å². The molecule has 3 rings (SSSR count). The van der Waals surface area contributed by atoms with Crippen molar-refractivity contribution < 1.29 is 12.8 Å². The van der Waals surface area contributed by atoms with Gasteiger partial charge in [0.25, 0.3) is 0 Å². The van der Waals surface area contributed by atoms with Crippen molar-refractivity contribution in [2.24, 2.45) is 5.92 Å². The van der Waals surface area contributed by atoms with Gasteiger partial charge in [-0.05, 0) is 37.0 Å². The lowest BCUT2D eigenvalue weighted by Gasteiger charge is -2.16. The molecule has 1 heterocycles. The summed E-state index contributed by atoms with van der Waals surface area (Å²) >= 11 is 0. The lowest BCUT2D eigenvalue weighted by atomic mass is 9.88. The van der Waals surface area contributed by atoms with Crippen LogP contribution < -0.4 is 4.72 Å². The minimum absolute atomic E-state index is 0.594. The molecule has 19 heavy (non-hydrogen) atoms. The van der Waals surface area contributed by atoms with Gasteiger partial charge < -0.3 is 4.42 Å². The first-order valence-electron chi connectivity index (χ1n) is 6.44. The normalized spacial score (nSPS) is 19.4. The van der Waals surface area contributed by atoms with Gasteiger partial charge in [-0.2, -0.15) is 0 Å². The molecule has 1 aliphatic rings. The second-order valence-corrected chi connectivity index (χ2v) is 7.19. The fourth-order valence-corrected chi connectivity index (χ4v) is 3.29. The Labute approximate surface area is 112 Å². The van der Waals surface area contributed by atoms with Gasteiger partial charge in [-0.3, -0.25) is 4.72 Å². The zero-order valence-electron chi connectivity index (χ0n) is 11.1. The molecule has 5 heteroatoms. The summed E-state index contributed by atoms with van der Waals surface area (Å²) in [6.07, 6.45) is 4.29. The summed E-state index contributed by atoms with van der Waals surface area (Å²) in [7, 11) is -3.24. The van der Waals surface area contributed by atoms with Crippen LogP contribution in [0.3, 0.4) is 0 Å². The third-order valence-corrected chi connectivity index (χ3v) is 4.20. The van der Waals surface area contributed by atoms with E-state index in [0.717, 1.165) is 42.2 Å². The Kier molecular flexibility index (Phi) is 2.82. The van der Waals surface area contributed by atoms with Crippen molar-refractivity contribution in [1.82, 2.24) is 0 Å². The fourth-order valence-electron chi connectivity index (χ4n) is 2.73. The lowest BCUT2D eigenvalue weighted by molar-refractivity contribution is 0.438. The molecule has 1 aromatic carbocycles. The average molecular weight is 279 g/mol. The van der Waals surface area contributed by atoms with Crippen LogP contribution in [0.15, 0.2) is 22.6 Å². The van der Waals surface area contributed by atoms with Crippen LogP contribution in [0.5, 0.6) is 0 Å². The third kappa shape index (κ3) is 2.47. The molecule has 0 amide bonds. The zero-order chi connectivity index (χ0) is 13.6. The van der Waals surface area contributed by atoms with Gasteiger partial charge >= 0.3 is 0 Å². The quantitative estimate of drug-likeness (QED) is 0.919. The van der Waals surface area contributed by atoms with Crippen LogP contribution in [-0.4, -0.2) is 14.7 Å². The Hall–Kier alpha value is -1.49. The molecule has 1 aliphatic carbocycles. The number of furan rings is 1. The first kappa shape index (κ1) is 12.5. The topological polar surface area (TPSA) is 59.3 Å². The van der Waals surface area contributed by atoms with Crippen molar-refractivity contribution in [3.05, 3.63) is 29.5 Å². The molecule has 0 saturated carbocycles. The van der Waals surface area contributed by atoms with Gasteiger partial charge in [-0.25, -0.2) is 8.42 Å². The fraction of sp³-hybridized carbons (Fsp3) is 0.429. The Balaban J connectivity index is 2.09. The van der Waals surface area contributed by atoms with Crippen LogP contribution >= 0.6 is 0 Å². The van der Waals surface area contributed by atoms with Crippen molar-refractivity contribution in [1.29, 1.82) is 0 Å². The SMILES string of the molecule is CC1CCc2oc3ccc(NS(C)(=O)=O)cc3c2C1. The summed E-state index contributed by atoms with van der Waals surface area (Å²) in [6.45, 7) is 2.24. The van der Waals surface area contributed by atoms with E-state index in [2.05, 4.69) is 11.6 Å². The van der Waals surface area contributed by atoms with E-state index < -0.39 is 10.0 Å². The molecule has 0 aliphatic heterocycles. The smallest absolute Gasteiger partial charge is 0.229 e. The third-order valence-electron chi connectivity index (χ3n) is 3.59. The number of sulfonamides is 1. The predicted octanol–water partition coefficient (Wildman–Crippen LogP) is 2.93. The molecule has 0 saturated heterocycles. The number of rotatable bonds is 2. The molecular weight excluding hydrogens is 262 g/mol. The van der Waals surface area contributed by atoms with E-state index in [1.165, 1.54) is 5.56 Å². The van der Waals surface area contributed by atoms with Crippen LogP contribution in [0.2, 0.25) is 0 Å². The van der Waals surface area contributed by atoms with Crippen molar-refractivity contribution in [3.8, 4) is 0 Å². The van der Waals surface area contributed by atoms with Crippen LogP contribution in [0, 0.1) is 5.92 Å². The summed E-state index contributed by atoms with van der Waals surface area (Å²) in [5, 5.41) is 1.04. The summed E-state index contributed by atoms with van der Waals surface area (Å²) < 4.78 is 30.9. The highest BCUT2D eigenvalue weighted by molar-refractivity contribution is 7.92. The Bertz CT molecular complexity index is 730. The molecule has 1 atom stereocenters. The Morgan fingerprint density at radius 1 is 1.37 bits per heavy atom. The maximum Gasteiger partial charge on any atom is 0.229 e. The second kappa shape index (κ2) is 4.27. The van der Waals surface area contributed by atoms with Crippen molar-refractivity contribution in [2.75, 3.05) is 11.0 Å². The molecule has 0 radical (unpaired) electrons. The van der Waals surface area contributed by atoms with Crippen molar-refractivity contribution in [3.63, 3.8) is 0 Å². The maximum atomic E-state index is 11.3. The highest BCUT2D eigenvalue weighted by atomic mass is 32.2. The number of aryl methyl sites for hydroxylation is 1. The summed E-state index contributed by atoms with van der Waals surface area (Å²) in [4.78, 5) is 0. The predicted molar refractivity (Wildman–Crippen MR) is 75.9 cm³/mol. The summed E-state index contributed by atoms with van der Waals surface area (Å²) in [6, 6.07) is 5.45. The molecule has 4 nitrogen and oxygen atoms in total. The summed E-state index contributed by atoms with van der Waals surface area (Å²) in [5.41, 5.74) is 2.68. The number of benzene rings is 1. The van der Waals surface area contributed by atoms with Gasteiger partial charge in [0.05, 0.1) is 6.26 Å². The molecule has 2 aromatic rings. The van der Waals surface area contributed by atoms with E-state index in [4.69, 9.17) is 4.42 Å². The highest BCUT2D eigenvalue weighted by Crippen LogP contribution is 2.35. The summed E-state index contributed by atoms with van der Waals surface area (Å²) in [5.74, 6) is 1.71. The minimum atomic E-state index is -3.24. The van der Waals surface area contributed by atoms with Crippen molar-refractivity contribution >= 4 is 26.7 Å². The van der Waals surface area contributed by atoms with Gasteiger partial charge in [0.1, 0.15) is 11.3 Å².